The van der Waals surface area contributed by atoms with Crippen molar-refractivity contribution in [3.05, 3.63) is 12.7 Å². The fraction of sp³-hybridized carbons (Fsp3) is 0.750. The summed E-state index contributed by atoms with van der Waals surface area (Å²) >= 11 is 0. The summed E-state index contributed by atoms with van der Waals surface area (Å²) in [4.78, 5) is 10.5. The van der Waals surface area contributed by atoms with Crippen molar-refractivity contribution in [1.29, 1.82) is 0 Å². The second kappa shape index (κ2) is 5.95. The van der Waals surface area contributed by atoms with Crippen molar-refractivity contribution < 1.29 is 4.79 Å². The smallest absolute Gasteiger partial charge is 0.120 e. The number of hydrogen-bond donors (Lipinski definition) is 0. The van der Waals surface area contributed by atoms with Gasteiger partial charge in [-0.3, -0.25) is 0 Å². The third-order valence-corrected chi connectivity index (χ3v) is 3.18. The zero-order valence-corrected chi connectivity index (χ0v) is 8.37. The maximum atomic E-state index is 10.5. The van der Waals surface area contributed by atoms with E-state index < -0.39 is 0 Å². The number of hydrogen-bond acceptors (Lipinski definition) is 1. The second-order valence-electron chi connectivity index (χ2n) is 4.08. The Balaban J connectivity index is 2.40. The molecule has 0 aromatic carbocycles. The van der Waals surface area contributed by atoms with Crippen molar-refractivity contribution >= 4 is 6.29 Å². The molecule has 0 radical (unpaired) electrons. The molecule has 0 amide bonds. The molecule has 1 aliphatic carbocycles. The van der Waals surface area contributed by atoms with Crippen LogP contribution in [0.5, 0.6) is 0 Å². The lowest BCUT2D eigenvalue weighted by molar-refractivity contribution is -0.109. The third-order valence-electron chi connectivity index (χ3n) is 3.18. The van der Waals surface area contributed by atoms with Crippen LogP contribution in [-0.4, -0.2) is 6.29 Å². The summed E-state index contributed by atoms with van der Waals surface area (Å²) in [5.41, 5.74) is 0. The molecule has 0 N–H and O–H groups in total. The number of carbonyl (C=O) groups excluding carboxylic acids is 1. The monoisotopic (exact) mass is 180 g/mol. The van der Waals surface area contributed by atoms with Gasteiger partial charge in [-0.05, 0) is 18.3 Å². The number of allylic oxidation sites excluding steroid dienone is 1. The van der Waals surface area contributed by atoms with Crippen LogP contribution in [0, 0.1) is 11.8 Å². The first-order chi connectivity index (χ1) is 6.38. The Kier molecular flexibility index (Phi) is 4.81. The van der Waals surface area contributed by atoms with Crippen LogP contribution < -0.4 is 0 Å². The van der Waals surface area contributed by atoms with Gasteiger partial charge in [-0.2, -0.15) is 0 Å². The van der Waals surface area contributed by atoms with Crippen LogP contribution in [0.25, 0.3) is 0 Å². The van der Waals surface area contributed by atoms with E-state index in [0.717, 1.165) is 25.0 Å². The Morgan fingerprint density at radius 3 is 2.46 bits per heavy atom. The highest BCUT2D eigenvalue weighted by Crippen LogP contribution is 2.33. The van der Waals surface area contributed by atoms with Crippen molar-refractivity contribution in [1.82, 2.24) is 0 Å². The van der Waals surface area contributed by atoms with Gasteiger partial charge in [0.15, 0.2) is 0 Å². The minimum absolute atomic E-state index is 0.579. The topological polar surface area (TPSA) is 17.1 Å². The van der Waals surface area contributed by atoms with Crippen molar-refractivity contribution in [2.45, 2.75) is 44.9 Å². The van der Waals surface area contributed by atoms with Crippen LogP contribution in [0.3, 0.4) is 0 Å². The molecule has 74 valence electrons. The van der Waals surface area contributed by atoms with Crippen LogP contribution >= 0.6 is 0 Å². The summed E-state index contributed by atoms with van der Waals surface area (Å²) in [6.45, 7) is 3.76. The molecule has 1 fully saturated rings. The number of rotatable bonds is 5. The largest absolute Gasteiger partial charge is 0.303 e. The lowest BCUT2D eigenvalue weighted by atomic mass is 9.77. The second-order valence-corrected chi connectivity index (χ2v) is 4.08. The van der Waals surface area contributed by atoms with Crippen LogP contribution in [-0.2, 0) is 4.79 Å². The molecule has 1 rings (SSSR count). The van der Waals surface area contributed by atoms with E-state index in [4.69, 9.17) is 0 Å². The van der Waals surface area contributed by atoms with Gasteiger partial charge in [0.1, 0.15) is 6.29 Å². The van der Waals surface area contributed by atoms with Crippen molar-refractivity contribution in [2.75, 3.05) is 0 Å². The number of carbonyl (C=O) groups is 1. The van der Waals surface area contributed by atoms with E-state index in [0.29, 0.717) is 5.92 Å². The van der Waals surface area contributed by atoms with Gasteiger partial charge in [0, 0.05) is 6.42 Å². The predicted molar refractivity (Wildman–Crippen MR) is 55.6 cm³/mol. The first-order valence-corrected chi connectivity index (χ1v) is 5.43. The molecule has 1 atom stereocenters. The summed E-state index contributed by atoms with van der Waals surface area (Å²) in [5.74, 6) is 1.37. The highest BCUT2D eigenvalue weighted by molar-refractivity contribution is 5.49. The molecule has 13 heavy (non-hydrogen) atoms. The lowest BCUT2D eigenvalue weighted by Crippen LogP contribution is -2.17. The van der Waals surface area contributed by atoms with Crippen molar-refractivity contribution in [3.8, 4) is 0 Å². The first-order valence-electron chi connectivity index (χ1n) is 5.43. The fourth-order valence-electron chi connectivity index (χ4n) is 2.42. The Hall–Kier alpha value is -0.590. The van der Waals surface area contributed by atoms with Gasteiger partial charge in [0.25, 0.3) is 0 Å². The van der Waals surface area contributed by atoms with Crippen LogP contribution in [0.4, 0.5) is 0 Å². The van der Waals surface area contributed by atoms with Gasteiger partial charge >= 0.3 is 0 Å². The van der Waals surface area contributed by atoms with Gasteiger partial charge in [-0.1, -0.05) is 38.2 Å². The zero-order chi connectivity index (χ0) is 9.52. The first kappa shape index (κ1) is 10.5. The molecular weight excluding hydrogens is 160 g/mol. The molecule has 0 aromatic rings. The van der Waals surface area contributed by atoms with Gasteiger partial charge in [-0.15, -0.1) is 6.58 Å². The molecule has 1 saturated carbocycles. The maximum Gasteiger partial charge on any atom is 0.120 e. The maximum absolute atomic E-state index is 10.5. The van der Waals surface area contributed by atoms with Crippen LogP contribution in [0.2, 0.25) is 0 Å². The van der Waals surface area contributed by atoms with E-state index in [-0.39, 0.29) is 0 Å². The Morgan fingerprint density at radius 1 is 1.23 bits per heavy atom. The fourth-order valence-corrected chi connectivity index (χ4v) is 2.42. The van der Waals surface area contributed by atoms with E-state index in [9.17, 15) is 4.79 Å². The van der Waals surface area contributed by atoms with Crippen molar-refractivity contribution in [2.24, 2.45) is 11.8 Å². The summed E-state index contributed by atoms with van der Waals surface area (Å²) in [6, 6.07) is 0. The molecular formula is C12H20O. The molecule has 0 spiro atoms. The zero-order valence-electron chi connectivity index (χ0n) is 8.37. The van der Waals surface area contributed by atoms with E-state index in [2.05, 4.69) is 6.58 Å². The molecule has 0 aromatic heterocycles. The molecule has 1 unspecified atom stereocenters. The minimum Gasteiger partial charge on any atom is -0.303 e. The van der Waals surface area contributed by atoms with Gasteiger partial charge in [-0.25, -0.2) is 0 Å². The highest BCUT2D eigenvalue weighted by Gasteiger charge is 2.21. The molecule has 1 aliphatic rings. The average molecular weight is 180 g/mol. The minimum atomic E-state index is 0.579. The third kappa shape index (κ3) is 3.33. The van der Waals surface area contributed by atoms with E-state index >= 15 is 0 Å². The molecule has 0 heterocycles. The van der Waals surface area contributed by atoms with Gasteiger partial charge < -0.3 is 4.79 Å². The van der Waals surface area contributed by atoms with Gasteiger partial charge in [0.2, 0.25) is 0 Å². The molecule has 0 bridgehead atoms. The summed E-state index contributed by atoms with van der Waals surface area (Å²) < 4.78 is 0. The highest BCUT2D eigenvalue weighted by atomic mass is 16.1. The van der Waals surface area contributed by atoms with E-state index in [1.165, 1.54) is 32.1 Å². The van der Waals surface area contributed by atoms with Crippen molar-refractivity contribution in [3.63, 3.8) is 0 Å². The van der Waals surface area contributed by atoms with E-state index in [1.54, 1.807) is 0 Å². The molecule has 0 saturated heterocycles. The van der Waals surface area contributed by atoms with Crippen LogP contribution in [0.15, 0.2) is 12.7 Å². The van der Waals surface area contributed by atoms with Crippen LogP contribution in [0.1, 0.15) is 44.9 Å². The molecule has 1 nitrogen and oxygen atoms in total. The Labute approximate surface area is 81.2 Å². The average Bonchev–Trinajstić information content (AvgIpc) is 2.19. The summed E-state index contributed by atoms with van der Waals surface area (Å²) in [5, 5.41) is 0. The molecule has 0 aliphatic heterocycles. The quantitative estimate of drug-likeness (QED) is 0.468. The Morgan fingerprint density at radius 2 is 1.92 bits per heavy atom. The summed E-state index contributed by atoms with van der Waals surface area (Å²) in [7, 11) is 0. The Bertz CT molecular complexity index is 147. The number of aldehydes is 1. The van der Waals surface area contributed by atoms with Gasteiger partial charge in [0.05, 0.1) is 0 Å². The standard InChI is InChI=1S/C12H20O/c1-2-6-11(9-10-13)12-7-4-3-5-8-12/h2,10-12H,1,3-9H2. The predicted octanol–water partition coefficient (Wildman–Crippen LogP) is 3.35. The lowest BCUT2D eigenvalue weighted by Gasteiger charge is -2.28. The normalized spacial score (nSPS) is 20.9. The van der Waals surface area contributed by atoms with E-state index in [1.807, 2.05) is 6.08 Å². The SMILES string of the molecule is C=CCC(CC=O)C1CCCCC1. The molecule has 1 heteroatoms. The summed E-state index contributed by atoms with van der Waals surface area (Å²) in [6.07, 6.45) is 11.5.